The summed E-state index contributed by atoms with van der Waals surface area (Å²) in [5.74, 6) is 0.269. The fourth-order valence-electron chi connectivity index (χ4n) is 2.62. The first-order chi connectivity index (χ1) is 13.1. The summed E-state index contributed by atoms with van der Waals surface area (Å²) in [6.07, 6.45) is 0. The van der Waals surface area contributed by atoms with E-state index in [0.717, 1.165) is 5.69 Å². The summed E-state index contributed by atoms with van der Waals surface area (Å²) in [6.45, 7) is 1.84. The molecule has 1 amide bonds. The van der Waals surface area contributed by atoms with Crippen LogP contribution in [0.3, 0.4) is 0 Å². The van der Waals surface area contributed by atoms with Gasteiger partial charge in [-0.3, -0.25) is 9.78 Å². The highest BCUT2D eigenvalue weighted by molar-refractivity contribution is 6.31. The monoisotopic (exact) mass is 380 g/mol. The van der Waals surface area contributed by atoms with Gasteiger partial charge < -0.3 is 10.1 Å². The molecule has 0 unspecified atom stereocenters. The second-order valence-electron chi connectivity index (χ2n) is 5.75. The van der Waals surface area contributed by atoms with Crippen LogP contribution in [0.1, 0.15) is 16.1 Å². The first-order valence-corrected chi connectivity index (χ1v) is 8.36. The molecule has 0 saturated carbocycles. The molecule has 2 N–H and O–H groups in total. The number of halogens is 1. The Morgan fingerprint density at radius 1 is 1.15 bits per heavy atom. The maximum Gasteiger partial charge on any atom is 0.361 e. The van der Waals surface area contributed by atoms with E-state index in [4.69, 9.17) is 16.3 Å². The van der Waals surface area contributed by atoms with E-state index in [0.29, 0.717) is 32.9 Å². The van der Waals surface area contributed by atoms with E-state index in [-0.39, 0.29) is 11.9 Å². The molecule has 0 radical (unpaired) electrons. The summed E-state index contributed by atoms with van der Waals surface area (Å²) in [5.41, 5.74) is 2.59. The molecule has 0 atom stereocenters. The Hall–Kier alpha value is -3.52. The quantitative estimate of drug-likeness (QED) is 0.558. The zero-order chi connectivity index (χ0) is 18.8. The van der Waals surface area contributed by atoms with Gasteiger partial charge in [-0.25, -0.2) is 0 Å². The van der Waals surface area contributed by atoms with Gasteiger partial charge in [0.2, 0.25) is 0 Å². The number of H-pyrrole nitrogens is 1. The van der Waals surface area contributed by atoms with Crippen molar-refractivity contribution in [2.45, 2.75) is 6.92 Å². The number of aryl methyl sites for hydroxylation is 1. The molecule has 2 aromatic heterocycles. The Morgan fingerprint density at radius 3 is 2.70 bits per heavy atom. The maximum absolute atomic E-state index is 12.8. The van der Waals surface area contributed by atoms with Gasteiger partial charge in [-0.1, -0.05) is 21.8 Å². The molecule has 0 saturated heterocycles. The number of aromatic amines is 1. The van der Waals surface area contributed by atoms with Crippen LogP contribution in [0, 0.1) is 6.92 Å². The van der Waals surface area contributed by atoms with Crippen LogP contribution >= 0.6 is 11.6 Å². The second kappa shape index (κ2) is 7.00. The number of aromatic nitrogens is 5. The van der Waals surface area contributed by atoms with Gasteiger partial charge in [0.1, 0.15) is 5.75 Å². The summed E-state index contributed by atoms with van der Waals surface area (Å²) < 4.78 is 5.40. The predicted octanol–water partition coefficient (Wildman–Crippen LogP) is 3.75. The normalized spacial score (nSPS) is 10.7. The third-order valence-corrected chi connectivity index (χ3v) is 4.03. The molecule has 4 aromatic rings. The number of fused-ring (bicyclic) bond motifs is 1. The summed E-state index contributed by atoms with van der Waals surface area (Å²) in [5, 5.41) is 17.2. The van der Waals surface area contributed by atoms with E-state index in [1.54, 1.807) is 48.5 Å². The number of ether oxygens (including phenoxy) is 1. The lowest BCUT2D eigenvalue weighted by atomic mass is 10.1. The molecule has 0 aliphatic rings. The van der Waals surface area contributed by atoms with Gasteiger partial charge in [0.05, 0.1) is 11.1 Å². The largest absolute Gasteiger partial charge is 0.422 e. The van der Waals surface area contributed by atoms with Crippen LogP contribution in [0.4, 0.5) is 5.69 Å². The molecule has 8 nitrogen and oxygen atoms in total. The second-order valence-corrected chi connectivity index (χ2v) is 6.18. The number of nitrogens with one attached hydrogen (secondary N) is 2. The smallest absolute Gasteiger partial charge is 0.361 e. The van der Waals surface area contributed by atoms with E-state index in [9.17, 15) is 4.79 Å². The molecule has 0 aliphatic carbocycles. The molecular weight excluding hydrogens is 368 g/mol. The first kappa shape index (κ1) is 16.9. The molecule has 9 heteroatoms. The number of anilines is 1. The van der Waals surface area contributed by atoms with Crippen molar-refractivity contribution in [3.8, 4) is 11.8 Å². The minimum atomic E-state index is -0.250. The van der Waals surface area contributed by atoms with Crippen molar-refractivity contribution in [2.24, 2.45) is 0 Å². The van der Waals surface area contributed by atoms with Crippen molar-refractivity contribution in [2.75, 3.05) is 5.32 Å². The lowest BCUT2D eigenvalue weighted by Crippen LogP contribution is -2.13. The minimum absolute atomic E-state index is 0.113. The highest BCUT2D eigenvalue weighted by Crippen LogP contribution is 2.24. The number of tetrazole rings is 1. The molecule has 2 aromatic carbocycles. The Labute approximate surface area is 158 Å². The number of carbonyl (C=O) groups excluding carboxylic acids is 1. The SMILES string of the molecule is Cc1cc(C(=O)Nc2ccc(Oc3nn[nH]n3)cc2)c2cc(Cl)ccc2n1. The van der Waals surface area contributed by atoms with Crippen LogP contribution in [0.2, 0.25) is 5.02 Å². The minimum Gasteiger partial charge on any atom is -0.422 e. The van der Waals surface area contributed by atoms with Crippen molar-refractivity contribution in [3.63, 3.8) is 0 Å². The maximum atomic E-state index is 12.8. The first-order valence-electron chi connectivity index (χ1n) is 7.98. The Balaban J connectivity index is 1.57. The number of pyridine rings is 1. The van der Waals surface area contributed by atoms with E-state index in [1.165, 1.54) is 0 Å². The zero-order valence-electron chi connectivity index (χ0n) is 14.1. The highest BCUT2D eigenvalue weighted by Gasteiger charge is 2.13. The summed E-state index contributed by atoms with van der Waals surface area (Å²) in [4.78, 5) is 17.2. The lowest BCUT2D eigenvalue weighted by Gasteiger charge is -2.10. The summed E-state index contributed by atoms with van der Waals surface area (Å²) in [7, 11) is 0. The molecule has 0 fully saturated rings. The standard InChI is InChI=1S/C18H13ClN6O2/c1-10-8-15(14-9-11(19)2-7-16(14)20-10)17(26)21-12-3-5-13(6-4-12)27-18-22-24-25-23-18/h2-9H,1H3,(H,21,26)(H,22,23,24,25). The van der Waals surface area contributed by atoms with E-state index in [2.05, 4.69) is 30.9 Å². The van der Waals surface area contributed by atoms with Crippen molar-refractivity contribution in [1.29, 1.82) is 0 Å². The van der Waals surface area contributed by atoms with E-state index >= 15 is 0 Å². The molecule has 4 rings (SSSR count). The van der Waals surface area contributed by atoms with Gasteiger partial charge in [0, 0.05) is 21.8 Å². The van der Waals surface area contributed by atoms with Gasteiger partial charge in [-0.15, -0.1) is 0 Å². The molecule has 134 valence electrons. The Morgan fingerprint density at radius 2 is 1.96 bits per heavy atom. The molecule has 27 heavy (non-hydrogen) atoms. The van der Waals surface area contributed by atoms with Crippen molar-refractivity contribution in [1.82, 2.24) is 25.6 Å². The topological polar surface area (TPSA) is 106 Å². The molecule has 0 aliphatic heterocycles. The fourth-order valence-corrected chi connectivity index (χ4v) is 2.80. The van der Waals surface area contributed by atoms with Crippen LogP contribution in [-0.4, -0.2) is 31.5 Å². The molecule has 0 spiro atoms. The van der Waals surface area contributed by atoms with Crippen molar-refractivity contribution in [3.05, 3.63) is 64.8 Å². The van der Waals surface area contributed by atoms with Gasteiger partial charge >= 0.3 is 6.01 Å². The molecular formula is C18H13ClN6O2. The zero-order valence-corrected chi connectivity index (χ0v) is 14.9. The lowest BCUT2D eigenvalue weighted by molar-refractivity contribution is 0.102. The van der Waals surface area contributed by atoms with Gasteiger partial charge in [0.25, 0.3) is 5.91 Å². The van der Waals surface area contributed by atoms with Gasteiger partial charge in [0.15, 0.2) is 0 Å². The van der Waals surface area contributed by atoms with Gasteiger partial charge in [-0.2, -0.15) is 5.21 Å². The number of rotatable bonds is 4. The Kier molecular flexibility index (Phi) is 4.39. The van der Waals surface area contributed by atoms with Crippen LogP contribution < -0.4 is 10.1 Å². The summed E-state index contributed by atoms with van der Waals surface area (Å²) in [6, 6.07) is 14.0. The predicted molar refractivity (Wildman–Crippen MR) is 100 cm³/mol. The fraction of sp³-hybridized carbons (Fsp3) is 0.0556. The number of carbonyl (C=O) groups is 1. The third-order valence-electron chi connectivity index (χ3n) is 3.79. The van der Waals surface area contributed by atoms with Crippen molar-refractivity contribution < 1.29 is 9.53 Å². The number of amides is 1. The third kappa shape index (κ3) is 3.70. The van der Waals surface area contributed by atoms with Gasteiger partial charge in [-0.05, 0) is 60.7 Å². The van der Waals surface area contributed by atoms with Crippen molar-refractivity contribution >= 4 is 34.1 Å². The van der Waals surface area contributed by atoms with E-state index < -0.39 is 0 Å². The van der Waals surface area contributed by atoms with Crippen LogP contribution in [0.5, 0.6) is 11.8 Å². The highest BCUT2D eigenvalue weighted by atomic mass is 35.5. The van der Waals surface area contributed by atoms with Crippen LogP contribution in [-0.2, 0) is 0 Å². The molecule has 0 bridgehead atoms. The number of benzene rings is 2. The molecule has 2 heterocycles. The van der Waals surface area contributed by atoms with E-state index in [1.807, 2.05) is 6.92 Å². The number of hydrogen-bond donors (Lipinski definition) is 2. The average molecular weight is 381 g/mol. The Bertz CT molecular complexity index is 1110. The number of hydrogen-bond acceptors (Lipinski definition) is 6. The number of nitrogens with zero attached hydrogens (tertiary/aromatic N) is 4. The van der Waals surface area contributed by atoms with Crippen LogP contribution in [0.25, 0.3) is 10.9 Å². The van der Waals surface area contributed by atoms with Crippen LogP contribution in [0.15, 0.2) is 48.5 Å². The average Bonchev–Trinajstić information content (AvgIpc) is 3.16. The summed E-state index contributed by atoms with van der Waals surface area (Å²) >= 11 is 6.08.